The summed E-state index contributed by atoms with van der Waals surface area (Å²) in [6.07, 6.45) is 2.92. The van der Waals surface area contributed by atoms with Crippen LogP contribution >= 0.6 is 0 Å². The smallest absolute Gasteiger partial charge is 0.320 e. The van der Waals surface area contributed by atoms with E-state index in [0.717, 1.165) is 47.2 Å². The summed E-state index contributed by atoms with van der Waals surface area (Å²) in [5.74, 6) is 0.634. The highest BCUT2D eigenvalue weighted by Crippen LogP contribution is 2.30. The molecule has 0 atom stereocenters. The number of hydrogen-bond donors (Lipinski definition) is 2. The number of amides is 2. The molecule has 0 saturated heterocycles. The van der Waals surface area contributed by atoms with E-state index in [4.69, 9.17) is 0 Å². The highest BCUT2D eigenvalue weighted by Gasteiger charge is 2.15. The second-order valence-corrected chi connectivity index (χ2v) is 8.25. The number of carbonyl (C=O) groups is 1. The molecule has 2 N–H and O–H groups in total. The highest BCUT2D eigenvalue weighted by atomic mass is 16.2. The van der Waals surface area contributed by atoms with Gasteiger partial charge in [0.1, 0.15) is 0 Å². The first-order valence-electron chi connectivity index (χ1n) is 11.7. The highest BCUT2D eigenvalue weighted by molar-refractivity contribution is 5.89. The van der Waals surface area contributed by atoms with E-state index >= 15 is 0 Å². The summed E-state index contributed by atoms with van der Waals surface area (Å²) in [6.45, 7) is 5.50. The molecule has 34 heavy (non-hydrogen) atoms. The van der Waals surface area contributed by atoms with E-state index in [1.54, 1.807) is 0 Å². The fourth-order valence-corrected chi connectivity index (χ4v) is 3.90. The van der Waals surface area contributed by atoms with Crippen molar-refractivity contribution in [2.75, 3.05) is 11.9 Å². The van der Waals surface area contributed by atoms with Gasteiger partial charge in [0.25, 0.3) is 0 Å². The summed E-state index contributed by atoms with van der Waals surface area (Å²) in [7, 11) is 0. The maximum absolute atomic E-state index is 13.1. The van der Waals surface area contributed by atoms with E-state index in [0.29, 0.717) is 18.9 Å². The number of tetrazole rings is 1. The van der Waals surface area contributed by atoms with Gasteiger partial charge in [0.2, 0.25) is 0 Å². The van der Waals surface area contributed by atoms with Crippen LogP contribution in [-0.2, 0) is 13.0 Å². The van der Waals surface area contributed by atoms with Crippen LogP contribution in [0.25, 0.3) is 22.5 Å². The quantitative estimate of drug-likeness (QED) is 0.328. The average molecular weight is 455 g/mol. The van der Waals surface area contributed by atoms with Crippen LogP contribution in [0.3, 0.4) is 0 Å². The minimum Gasteiger partial charge on any atom is -0.320 e. The summed E-state index contributed by atoms with van der Waals surface area (Å²) >= 11 is 0. The summed E-state index contributed by atoms with van der Waals surface area (Å²) in [5, 5.41) is 17.4. The van der Waals surface area contributed by atoms with Crippen LogP contribution in [0.2, 0.25) is 0 Å². The standard InChI is InChI=1S/C27H30N6O/c1-3-5-17-33(27(34)28-23-10-8-9-20(4-2)18-23)19-21-13-15-22(16-14-21)24-11-6-7-12-25(24)26-29-31-32-30-26/h6-16,18H,3-5,17,19H2,1-2H3,(H,28,34)(H,29,30,31,32). The molecule has 1 heterocycles. The fourth-order valence-electron chi connectivity index (χ4n) is 3.90. The van der Waals surface area contributed by atoms with Gasteiger partial charge in [-0.2, -0.15) is 0 Å². The number of hydrogen-bond acceptors (Lipinski definition) is 4. The van der Waals surface area contributed by atoms with E-state index in [1.165, 1.54) is 5.56 Å². The van der Waals surface area contributed by atoms with Crippen molar-refractivity contribution in [3.63, 3.8) is 0 Å². The number of carbonyl (C=O) groups excluding carboxylic acids is 1. The first-order valence-corrected chi connectivity index (χ1v) is 11.7. The van der Waals surface area contributed by atoms with Crippen molar-refractivity contribution in [1.29, 1.82) is 0 Å². The van der Waals surface area contributed by atoms with Gasteiger partial charge in [0.05, 0.1) is 0 Å². The Kier molecular flexibility index (Phi) is 7.65. The number of unbranched alkanes of at least 4 members (excludes halogenated alkanes) is 1. The molecule has 174 valence electrons. The number of aryl methyl sites for hydroxylation is 1. The van der Waals surface area contributed by atoms with Gasteiger partial charge in [-0.1, -0.05) is 80.9 Å². The van der Waals surface area contributed by atoms with Crippen molar-refractivity contribution in [3.8, 4) is 22.5 Å². The zero-order valence-corrected chi connectivity index (χ0v) is 19.7. The van der Waals surface area contributed by atoms with Gasteiger partial charge in [0, 0.05) is 24.3 Å². The van der Waals surface area contributed by atoms with E-state index in [1.807, 2.05) is 41.3 Å². The Labute approximate surface area is 200 Å². The second-order valence-electron chi connectivity index (χ2n) is 8.25. The van der Waals surface area contributed by atoms with Crippen LogP contribution in [-0.4, -0.2) is 38.1 Å². The maximum Gasteiger partial charge on any atom is 0.322 e. The second kappa shape index (κ2) is 11.2. The lowest BCUT2D eigenvalue weighted by molar-refractivity contribution is 0.208. The molecular formula is C27H30N6O. The molecular weight excluding hydrogens is 424 g/mol. The third-order valence-electron chi connectivity index (χ3n) is 5.82. The Morgan fingerprint density at radius 1 is 0.941 bits per heavy atom. The number of nitrogens with one attached hydrogen (secondary N) is 2. The van der Waals surface area contributed by atoms with E-state index in [9.17, 15) is 4.79 Å². The van der Waals surface area contributed by atoms with E-state index in [-0.39, 0.29) is 6.03 Å². The zero-order valence-electron chi connectivity index (χ0n) is 19.7. The molecule has 0 aliphatic rings. The van der Waals surface area contributed by atoms with E-state index in [2.05, 4.69) is 76.2 Å². The SMILES string of the molecule is CCCCN(Cc1ccc(-c2ccccc2-c2nnn[nH]2)cc1)C(=O)Nc1cccc(CC)c1. The number of benzene rings is 3. The van der Waals surface area contributed by atoms with Crippen LogP contribution in [0.5, 0.6) is 0 Å². The lowest BCUT2D eigenvalue weighted by Crippen LogP contribution is -2.35. The number of rotatable bonds is 9. The van der Waals surface area contributed by atoms with Crippen molar-refractivity contribution in [2.45, 2.75) is 39.7 Å². The van der Waals surface area contributed by atoms with Gasteiger partial charge in [-0.3, -0.25) is 0 Å². The molecule has 0 fully saturated rings. The zero-order chi connectivity index (χ0) is 23.8. The Morgan fingerprint density at radius 2 is 1.74 bits per heavy atom. The molecule has 0 saturated carbocycles. The summed E-state index contributed by atoms with van der Waals surface area (Å²) < 4.78 is 0. The first kappa shape index (κ1) is 23.2. The molecule has 0 unspecified atom stereocenters. The van der Waals surface area contributed by atoms with Gasteiger partial charge >= 0.3 is 6.03 Å². The predicted molar refractivity (Wildman–Crippen MR) is 135 cm³/mol. The number of H-pyrrole nitrogens is 1. The normalized spacial score (nSPS) is 10.8. The molecule has 1 aromatic heterocycles. The lowest BCUT2D eigenvalue weighted by Gasteiger charge is -2.23. The predicted octanol–water partition coefficient (Wildman–Crippen LogP) is 5.93. The molecule has 0 bridgehead atoms. The summed E-state index contributed by atoms with van der Waals surface area (Å²) in [5.41, 5.74) is 6.17. The van der Waals surface area contributed by atoms with Gasteiger partial charge in [-0.05, 0) is 57.7 Å². The van der Waals surface area contributed by atoms with E-state index < -0.39 is 0 Å². The van der Waals surface area contributed by atoms with Gasteiger partial charge < -0.3 is 10.2 Å². The molecule has 4 aromatic rings. The number of aromatic amines is 1. The van der Waals surface area contributed by atoms with Gasteiger partial charge in [-0.25, -0.2) is 9.89 Å². The van der Waals surface area contributed by atoms with Crippen molar-refractivity contribution < 1.29 is 4.79 Å². The minimum atomic E-state index is -0.0751. The van der Waals surface area contributed by atoms with Gasteiger partial charge in [0.15, 0.2) is 5.82 Å². The van der Waals surface area contributed by atoms with Crippen molar-refractivity contribution in [2.24, 2.45) is 0 Å². The van der Waals surface area contributed by atoms with Crippen molar-refractivity contribution in [3.05, 3.63) is 83.9 Å². The maximum atomic E-state index is 13.1. The third-order valence-corrected chi connectivity index (χ3v) is 5.82. The Balaban J connectivity index is 1.50. The van der Waals surface area contributed by atoms with Crippen LogP contribution in [0.1, 0.15) is 37.8 Å². The molecule has 7 heteroatoms. The van der Waals surface area contributed by atoms with Crippen molar-refractivity contribution in [1.82, 2.24) is 25.5 Å². The molecule has 7 nitrogen and oxygen atoms in total. The summed E-state index contributed by atoms with van der Waals surface area (Å²) in [4.78, 5) is 15.0. The molecule has 0 aliphatic carbocycles. The van der Waals surface area contributed by atoms with Crippen LogP contribution in [0.15, 0.2) is 72.8 Å². The Bertz CT molecular complexity index is 1200. The number of urea groups is 1. The van der Waals surface area contributed by atoms with Crippen LogP contribution in [0, 0.1) is 0 Å². The molecule has 2 amide bonds. The number of anilines is 1. The third kappa shape index (κ3) is 5.67. The van der Waals surface area contributed by atoms with Crippen LogP contribution in [0.4, 0.5) is 10.5 Å². The first-order chi connectivity index (χ1) is 16.7. The number of nitrogens with zero attached hydrogens (tertiary/aromatic N) is 4. The molecule has 3 aromatic carbocycles. The largest absolute Gasteiger partial charge is 0.322 e. The number of aromatic nitrogens is 4. The average Bonchev–Trinajstić information content (AvgIpc) is 3.42. The van der Waals surface area contributed by atoms with Gasteiger partial charge in [-0.15, -0.1) is 5.10 Å². The molecule has 4 rings (SSSR count). The molecule has 0 spiro atoms. The minimum absolute atomic E-state index is 0.0751. The molecule has 0 radical (unpaired) electrons. The fraction of sp³-hybridized carbons (Fsp3) is 0.259. The Morgan fingerprint density at radius 3 is 2.44 bits per heavy atom. The summed E-state index contributed by atoms with van der Waals surface area (Å²) in [6, 6.07) is 24.3. The van der Waals surface area contributed by atoms with Crippen molar-refractivity contribution >= 4 is 11.7 Å². The Hall–Kier alpha value is -4.00. The monoisotopic (exact) mass is 454 g/mol. The topological polar surface area (TPSA) is 86.8 Å². The molecule has 0 aliphatic heterocycles. The lowest BCUT2D eigenvalue weighted by atomic mass is 9.98. The van der Waals surface area contributed by atoms with Crippen LogP contribution < -0.4 is 5.32 Å².